The van der Waals surface area contributed by atoms with E-state index in [4.69, 9.17) is 25.8 Å². The minimum absolute atomic E-state index is 0.00775. The molecule has 0 amide bonds. The van der Waals surface area contributed by atoms with Gasteiger partial charge in [0, 0.05) is 29.9 Å². The Labute approximate surface area is 216 Å². The highest BCUT2D eigenvalue weighted by atomic mass is 16.5. The van der Waals surface area contributed by atoms with E-state index in [2.05, 4.69) is 53.7 Å². The first-order valence-electron chi connectivity index (χ1n) is 12.3. The molecule has 0 saturated heterocycles. The topological polar surface area (TPSA) is 103 Å². The SMILES string of the molecule is CCc1nc2c(C)cc(C)nc2n1Cc1ccc(-c2cc(Oc3ccc(C)cn3)ccc2C(=N)N)cc1. The fourth-order valence-electron chi connectivity index (χ4n) is 4.55. The first-order chi connectivity index (χ1) is 17.8. The van der Waals surface area contributed by atoms with E-state index in [1.165, 1.54) is 0 Å². The maximum absolute atomic E-state index is 8.08. The zero-order chi connectivity index (χ0) is 26.1. The van der Waals surface area contributed by atoms with Crippen molar-refractivity contribution < 1.29 is 4.74 Å². The third-order valence-electron chi connectivity index (χ3n) is 6.41. The van der Waals surface area contributed by atoms with Gasteiger partial charge in [-0.1, -0.05) is 37.3 Å². The van der Waals surface area contributed by atoms with Crippen molar-refractivity contribution in [3.63, 3.8) is 0 Å². The van der Waals surface area contributed by atoms with E-state index in [1.54, 1.807) is 6.20 Å². The second kappa shape index (κ2) is 9.85. The monoisotopic (exact) mass is 490 g/mol. The van der Waals surface area contributed by atoms with E-state index in [0.717, 1.165) is 56.9 Å². The molecule has 37 heavy (non-hydrogen) atoms. The zero-order valence-corrected chi connectivity index (χ0v) is 21.5. The lowest BCUT2D eigenvalue weighted by molar-refractivity contribution is 0.463. The largest absolute Gasteiger partial charge is 0.439 e. The van der Waals surface area contributed by atoms with Crippen molar-refractivity contribution in [3.05, 3.63) is 101 Å². The van der Waals surface area contributed by atoms with Gasteiger partial charge in [-0.2, -0.15) is 0 Å². The summed E-state index contributed by atoms with van der Waals surface area (Å²) >= 11 is 0. The maximum atomic E-state index is 8.08. The lowest BCUT2D eigenvalue weighted by atomic mass is 9.97. The molecule has 0 saturated carbocycles. The van der Waals surface area contributed by atoms with Crippen molar-refractivity contribution in [2.45, 2.75) is 40.7 Å². The molecular formula is C30H30N6O. The Morgan fingerprint density at radius 1 is 0.973 bits per heavy atom. The highest BCUT2D eigenvalue weighted by molar-refractivity contribution is 6.01. The fourth-order valence-corrected chi connectivity index (χ4v) is 4.55. The van der Waals surface area contributed by atoms with Crippen molar-refractivity contribution in [2.24, 2.45) is 5.73 Å². The van der Waals surface area contributed by atoms with Gasteiger partial charge in [-0.05, 0) is 72.9 Å². The number of ether oxygens (including phenoxy) is 1. The molecule has 2 aromatic carbocycles. The smallest absolute Gasteiger partial charge is 0.219 e. The molecule has 3 N–H and O–H groups in total. The summed E-state index contributed by atoms with van der Waals surface area (Å²) in [6, 6.07) is 19.7. The molecule has 0 aliphatic carbocycles. The maximum Gasteiger partial charge on any atom is 0.219 e. The van der Waals surface area contributed by atoms with Gasteiger partial charge >= 0.3 is 0 Å². The molecule has 7 heteroatoms. The van der Waals surface area contributed by atoms with Crippen molar-refractivity contribution in [2.75, 3.05) is 0 Å². The van der Waals surface area contributed by atoms with Crippen LogP contribution in [0.15, 0.2) is 66.9 Å². The van der Waals surface area contributed by atoms with Gasteiger partial charge in [0.15, 0.2) is 5.65 Å². The number of nitrogen functional groups attached to an aromatic ring is 1. The van der Waals surface area contributed by atoms with Crippen LogP contribution in [0.4, 0.5) is 0 Å². The summed E-state index contributed by atoms with van der Waals surface area (Å²) in [6.45, 7) is 8.88. The summed E-state index contributed by atoms with van der Waals surface area (Å²) in [5.74, 6) is 2.18. The molecule has 0 bridgehead atoms. The minimum atomic E-state index is 0.00775. The number of aryl methyl sites for hydroxylation is 4. The number of aromatic nitrogens is 4. The van der Waals surface area contributed by atoms with Gasteiger partial charge in [0.2, 0.25) is 5.88 Å². The van der Waals surface area contributed by atoms with Gasteiger partial charge < -0.3 is 15.0 Å². The lowest BCUT2D eigenvalue weighted by Crippen LogP contribution is -2.12. The van der Waals surface area contributed by atoms with Gasteiger partial charge in [-0.15, -0.1) is 0 Å². The Morgan fingerprint density at radius 3 is 2.43 bits per heavy atom. The third kappa shape index (κ3) is 4.93. The Hall–Kier alpha value is -4.52. The molecule has 0 aliphatic rings. The van der Waals surface area contributed by atoms with E-state index in [9.17, 15) is 0 Å². The first kappa shape index (κ1) is 24.2. The molecule has 0 atom stereocenters. The highest BCUT2D eigenvalue weighted by Gasteiger charge is 2.15. The Morgan fingerprint density at radius 2 is 1.76 bits per heavy atom. The van der Waals surface area contributed by atoms with Crippen molar-refractivity contribution in [1.82, 2.24) is 19.5 Å². The van der Waals surface area contributed by atoms with Crippen LogP contribution in [-0.4, -0.2) is 25.4 Å². The molecule has 186 valence electrons. The molecule has 5 rings (SSSR count). The first-order valence-corrected chi connectivity index (χ1v) is 12.3. The standard InChI is InChI=1S/C30H30N6O/c1-5-26-35-28-19(3)14-20(4)34-30(28)36(26)17-21-7-9-22(10-8-21)25-15-23(11-12-24(25)29(31)32)37-27-13-6-18(2)16-33-27/h6-16H,5,17H2,1-4H3,(H3,31,32). The number of fused-ring (bicyclic) bond motifs is 1. The predicted molar refractivity (Wildman–Crippen MR) is 147 cm³/mol. The molecule has 7 nitrogen and oxygen atoms in total. The van der Waals surface area contributed by atoms with E-state index < -0.39 is 0 Å². The Balaban J connectivity index is 1.47. The Kier molecular flexibility index (Phi) is 6.44. The summed E-state index contributed by atoms with van der Waals surface area (Å²) in [4.78, 5) is 14.0. The molecule has 5 aromatic rings. The van der Waals surface area contributed by atoms with Crippen molar-refractivity contribution in [3.8, 4) is 22.8 Å². The van der Waals surface area contributed by atoms with E-state index in [1.807, 2.05) is 44.2 Å². The Bertz CT molecular complexity index is 1600. The number of nitrogens with one attached hydrogen (secondary N) is 1. The fraction of sp³-hybridized carbons (Fsp3) is 0.200. The number of nitrogens with two attached hydrogens (primary N) is 1. The normalized spacial score (nSPS) is 11.1. The van der Waals surface area contributed by atoms with Crippen LogP contribution in [0.2, 0.25) is 0 Å². The van der Waals surface area contributed by atoms with Gasteiger partial charge in [-0.25, -0.2) is 15.0 Å². The predicted octanol–water partition coefficient (Wildman–Crippen LogP) is 6.11. The quantitative estimate of drug-likeness (QED) is 0.212. The van der Waals surface area contributed by atoms with E-state index in [-0.39, 0.29) is 5.84 Å². The van der Waals surface area contributed by atoms with Crippen LogP contribution in [0.25, 0.3) is 22.3 Å². The molecule has 3 heterocycles. The number of amidine groups is 1. The molecule has 0 spiro atoms. The van der Waals surface area contributed by atoms with Crippen LogP contribution >= 0.6 is 0 Å². The van der Waals surface area contributed by atoms with E-state index in [0.29, 0.717) is 23.7 Å². The number of rotatable bonds is 7. The molecule has 3 aromatic heterocycles. The second-order valence-corrected chi connectivity index (χ2v) is 9.31. The number of pyridine rings is 2. The van der Waals surface area contributed by atoms with E-state index >= 15 is 0 Å². The minimum Gasteiger partial charge on any atom is -0.439 e. The van der Waals surface area contributed by atoms with Crippen LogP contribution in [0.3, 0.4) is 0 Å². The summed E-state index contributed by atoms with van der Waals surface area (Å²) in [7, 11) is 0. The van der Waals surface area contributed by atoms with Crippen LogP contribution < -0.4 is 10.5 Å². The van der Waals surface area contributed by atoms with Crippen molar-refractivity contribution >= 4 is 17.0 Å². The zero-order valence-electron chi connectivity index (χ0n) is 21.5. The third-order valence-corrected chi connectivity index (χ3v) is 6.41. The highest BCUT2D eigenvalue weighted by Crippen LogP contribution is 2.31. The molecular weight excluding hydrogens is 460 g/mol. The van der Waals surface area contributed by atoms with Crippen LogP contribution in [0, 0.1) is 26.2 Å². The van der Waals surface area contributed by atoms with Gasteiger partial charge in [0.25, 0.3) is 0 Å². The number of benzene rings is 2. The van der Waals surface area contributed by atoms with Crippen LogP contribution in [0.1, 0.15) is 40.7 Å². The average molecular weight is 491 g/mol. The van der Waals surface area contributed by atoms with Crippen LogP contribution in [-0.2, 0) is 13.0 Å². The second-order valence-electron chi connectivity index (χ2n) is 9.31. The molecule has 0 unspecified atom stereocenters. The number of nitrogens with zero attached hydrogens (tertiary/aromatic N) is 4. The van der Waals surface area contributed by atoms with Gasteiger partial charge in [-0.3, -0.25) is 5.41 Å². The molecule has 0 fully saturated rings. The molecule has 0 aliphatic heterocycles. The summed E-state index contributed by atoms with van der Waals surface area (Å²) in [5, 5.41) is 8.08. The van der Waals surface area contributed by atoms with Crippen LogP contribution in [0.5, 0.6) is 11.6 Å². The number of hydrogen-bond donors (Lipinski definition) is 2. The van der Waals surface area contributed by atoms with Gasteiger partial charge in [0.05, 0.1) is 6.54 Å². The number of hydrogen-bond acceptors (Lipinski definition) is 5. The average Bonchev–Trinajstić information content (AvgIpc) is 3.23. The summed E-state index contributed by atoms with van der Waals surface area (Å²) in [6.07, 6.45) is 2.60. The van der Waals surface area contributed by atoms with Crippen molar-refractivity contribution in [1.29, 1.82) is 5.41 Å². The summed E-state index contributed by atoms with van der Waals surface area (Å²) in [5.41, 5.74) is 14.6. The molecule has 0 radical (unpaired) electrons. The lowest BCUT2D eigenvalue weighted by Gasteiger charge is -2.13. The summed E-state index contributed by atoms with van der Waals surface area (Å²) < 4.78 is 8.17. The number of imidazole rings is 1. The van der Waals surface area contributed by atoms with Gasteiger partial charge in [0.1, 0.15) is 22.9 Å².